The van der Waals surface area contributed by atoms with Crippen LogP contribution in [0.5, 0.6) is 0 Å². The van der Waals surface area contributed by atoms with Crippen LogP contribution in [0.2, 0.25) is 0 Å². The van der Waals surface area contributed by atoms with Crippen molar-refractivity contribution >= 4 is 0 Å². The predicted molar refractivity (Wildman–Crippen MR) is 59.3 cm³/mol. The van der Waals surface area contributed by atoms with Gasteiger partial charge in [-0.05, 0) is 18.6 Å². The topological polar surface area (TPSA) is 48.8 Å². The number of aryl methyl sites for hydroxylation is 1. The van der Waals surface area contributed by atoms with Crippen LogP contribution in [0.3, 0.4) is 0 Å². The summed E-state index contributed by atoms with van der Waals surface area (Å²) in [6, 6.07) is 2.15. The summed E-state index contributed by atoms with van der Waals surface area (Å²) in [4.78, 5) is 0. The highest BCUT2D eigenvalue weighted by Gasteiger charge is 2.02. The molecule has 2 N–H and O–H groups in total. The van der Waals surface area contributed by atoms with Gasteiger partial charge in [0, 0.05) is 37.2 Å². The van der Waals surface area contributed by atoms with Crippen molar-refractivity contribution in [2.75, 3.05) is 0 Å². The summed E-state index contributed by atoms with van der Waals surface area (Å²) in [6.45, 7) is 2.84. The molecule has 0 aliphatic carbocycles. The summed E-state index contributed by atoms with van der Waals surface area (Å²) in [6.07, 6.45) is 8.03. The SMILES string of the molecule is CC(N)c1ccn(Cc2cnn(C)c2)c1. The van der Waals surface area contributed by atoms with E-state index in [-0.39, 0.29) is 6.04 Å². The molecule has 0 aromatic carbocycles. The molecule has 0 amide bonds. The molecule has 4 nitrogen and oxygen atoms in total. The van der Waals surface area contributed by atoms with Gasteiger partial charge in [0.05, 0.1) is 12.7 Å². The van der Waals surface area contributed by atoms with E-state index in [0.29, 0.717) is 0 Å². The molecule has 80 valence electrons. The molecule has 0 aliphatic rings. The number of aromatic nitrogens is 3. The van der Waals surface area contributed by atoms with E-state index in [1.165, 1.54) is 11.1 Å². The Bertz CT molecular complexity index is 439. The maximum atomic E-state index is 5.79. The molecule has 1 atom stereocenters. The molecule has 0 saturated carbocycles. The Kier molecular flexibility index (Phi) is 2.60. The standard InChI is InChI=1S/C11H16N4/c1-9(12)11-3-4-15(8-11)7-10-5-13-14(2)6-10/h3-6,8-9H,7,12H2,1-2H3. The molecule has 0 radical (unpaired) electrons. The van der Waals surface area contributed by atoms with Crippen molar-refractivity contribution in [2.45, 2.75) is 19.5 Å². The van der Waals surface area contributed by atoms with E-state index in [2.05, 4.69) is 21.9 Å². The molecule has 0 aliphatic heterocycles. The molecule has 2 heterocycles. The summed E-state index contributed by atoms with van der Waals surface area (Å²) in [7, 11) is 1.92. The van der Waals surface area contributed by atoms with Gasteiger partial charge < -0.3 is 10.3 Å². The molecular formula is C11H16N4. The number of nitrogens with zero attached hydrogens (tertiary/aromatic N) is 3. The van der Waals surface area contributed by atoms with E-state index in [1.54, 1.807) is 0 Å². The lowest BCUT2D eigenvalue weighted by molar-refractivity contribution is 0.760. The average Bonchev–Trinajstić information content (AvgIpc) is 2.76. The number of hydrogen-bond donors (Lipinski definition) is 1. The van der Waals surface area contributed by atoms with Crippen LogP contribution in [0, 0.1) is 0 Å². The van der Waals surface area contributed by atoms with E-state index in [9.17, 15) is 0 Å². The van der Waals surface area contributed by atoms with Gasteiger partial charge in [-0.1, -0.05) is 0 Å². The van der Waals surface area contributed by atoms with Crippen molar-refractivity contribution in [3.8, 4) is 0 Å². The molecule has 1 unspecified atom stereocenters. The fourth-order valence-electron chi connectivity index (χ4n) is 1.59. The maximum Gasteiger partial charge on any atom is 0.0539 e. The van der Waals surface area contributed by atoms with Gasteiger partial charge in [0.15, 0.2) is 0 Å². The third kappa shape index (κ3) is 2.27. The van der Waals surface area contributed by atoms with Crippen LogP contribution in [0.25, 0.3) is 0 Å². The second kappa shape index (κ2) is 3.90. The average molecular weight is 204 g/mol. The van der Waals surface area contributed by atoms with Crippen LogP contribution in [-0.4, -0.2) is 14.3 Å². The Labute approximate surface area is 89.3 Å². The van der Waals surface area contributed by atoms with Gasteiger partial charge in [0.25, 0.3) is 0 Å². The minimum Gasteiger partial charge on any atom is -0.349 e. The lowest BCUT2D eigenvalue weighted by Gasteiger charge is -2.01. The van der Waals surface area contributed by atoms with Gasteiger partial charge in [-0.3, -0.25) is 4.68 Å². The van der Waals surface area contributed by atoms with Gasteiger partial charge in [0.1, 0.15) is 0 Å². The predicted octanol–water partition coefficient (Wildman–Crippen LogP) is 1.29. The Hall–Kier alpha value is -1.55. The summed E-state index contributed by atoms with van der Waals surface area (Å²) in [5.74, 6) is 0. The second-order valence-electron chi connectivity index (χ2n) is 3.93. The van der Waals surface area contributed by atoms with Crippen molar-refractivity contribution in [3.63, 3.8) is 0 Å². The zero-order valence-corrected chi connectivity index (χ0v) is 9.09. The van der Waals surface area contributed by atoms with Crippen LogP contribution >= 0.6 is 0 Å². The van der Waals surface area contributed by atoms with Crippen molar-refractivity contribution in [3.05, 3.63) is 42.0 Å². The molecule has 2 rings (SSSR count). The quantitative estimate of drug-likeness (QED) is 0.819. The third-order valence-corrected chi connectivity index (χ3v) is 2.42. The highest BCUT2D eigenvalue weighted by molar-refractivity contribution is 5.16. The normalized spacial score (nSPS) is 13.0. The van der Waals surface area contributed by atoms with E-state index in [0.717, 1.165) is 6.54 Å². The molecule has 0 bridgehead atoms. The van der Waals surface area contributed by atoms with Crippen molar-refractivity contribution in [2.24, 2.45) is 12.8 Å². The van der Waals surface area contributed by atoms with Crippen LogP contribution < -0.4 is 5.73 Å². The Morgan fingerprint density at radius 3 is 2.80 bits per heavy atom. The molecule has 2 aromatic rings. The van der Waals surface area contributed by atoms with Crippen LogP contribution in [-0.2, 0) is 13.6 Å². The molecular weight excluding hydrogens is 188 g/mol. The molecule has 15 heavy (non-hydrogen) atoms. The van der Waals surface area contributed by atoms with Crippen LogP contribution in [0.15, 0.2) is 30.9 Å². The first kappa shape index (κ1) is 9.98. The zero-order valence-electron chi connectivity index (χ0n) is 9.09. The van der Waals surface area contributed by atoms with Gasteiger partial charge in [-0.25, -0.2) is 0 Å². The highest BCUT2D eigenvalue weighted by atomic mass is 15.2. The zero-order chi connectivity index (χ0) is 10.8. The first-order valence-corrected chi connectivity index (χ1v) is 5.04. The van der Waals surface area contributed by atoms with Crippen molar-refractivity contribution < 1.29 is 0 Å². The first-order chi connectivity index (χ1) is 7.15. The van der Waals surface area contributed by atoms with Crippen molar-refractivity contribution in [1.29, 1.82) is 0 Å². The van der Waals surface area contributed by atoms with Crippen LogP contribution in [0.4, 0.5) is 0 Å². The summed E-state index contributed by atoms with van der Waals surface area (Å²) >= 11 is 0. The Morgan fingerprint density at radius 2 is 2.27 bits per heavy atom. The van der Waals surface area contributed by atoms with Crippen LogP contribution in [0.1, 0.15) is 24.1 Å². The van der Waals surface area contributed by atoms with Gasteiger partial charge in [-0.2, -0.15) is 5.10 Å². The maximum absolute atomic E-state index is 5.79. The first-order valence-electron chi connectivity index (χ1n) is 5.04. The smallest absolute Gasteiger partial charge is 0.0539 e. The number of hydrogen-bond acceptors (Lipinski definition) is 2. The largest absolute Gasteiger partial charge is 0.349 e. The van der Waals surface area contributed by atoms with Crippen molar-refractivity contribution in [1.82, 2.24) is 14.3 Å². The van der Waals surface area contributed by atoms with E-state index in [1.807, 2.05) is 37.2 Å². The Morgan fingerprint density at radius 1 is 1.47 bits per heavy atom. The third-order valence-electron chi connectivity index (χ3n) is 2.42. The Balaban J connectivity index is 2.11. The lowest BCUT2D eigenvalue weighted by atomic mass is 10.2. The molecule has 2 aromatic heterocycles. The second-order valence-corrected chi connectivity index (χ2v) is 3.93. The van der Waals surface area contributed by atoms with E-state index in [4.69, 9.17) is 5.73 Å². The van der Waals surface area contributed by atoms with E-state index < -0.39 is 0 Å². The summed E-state index contributed by atoms with van der Waals surface area (Å²) in [5.41, 5.74) is 8.16. The fraction of sp³-hybridized carbons (Fsp3) is 0.364. The highest BCUT2D eigenvalue weighted by Crippen LogP contribution is 2.11. The lowest BCUT2D eigenvalue weighted by Crippen LogP contribution is -2.03. The number of nitrogens with two attached hydrogens (primary N) is 1. The number of rotatable bonds is 3. The summed E-state index contributed by atoms with van der Waals surface area (Å²) < 4.78 is 3.93. The fourth-order valence-corrected chi connectivity index (χ4v) is 1.59. The van der Waals surface area contributed by atoms with Gasteiger partial charge >= 0.3 is 0 Å². The van der Waals surface area contributed by atoms with E-state index >= 15 is 0 Å². The van der Waals surface area contributed by atoms with Gasteiger partial charge in [0.2, 0.25) is 0 Å². The minimum atomic E-state index is 0.0974. The molecule has 0 spiro atoms. The molecule has 4 heteroatoms. The van der Waals surface area contributed by atoms with Gasteiger partial charge in [-0.15, -0.1) is 0 Å². The molecule has 0 fully saturated rings. The summed E-state index contributed by atoms with van der Waals surface area (Å²) in [5, 5.41) is 4.13. The molecule has 0 saturated heterocycles. The monoisotopic (exact) mass is 204 g/mol. The minimum absolute atomic E-state index is 0.0974.